The fourth-order valence-electron chi connectivity index (χ4n) is 2.48. The van der Waals surface area contributed by atoms with Gasteiger partial charge in [-0.15, -0.1) is 0 Å². The summed E-state index contributed by atoms with van der Waals surface area (Å²) in [6.45, 7) is 0.612. The molecule has 1 heterocycles. The zero-order valence-corrected chi connectivity index (χ0v) is 11.9. The summed E-state index contributed by atoms with van der Waals surface area (Å²) < 4.78 is 0. The maximum absolute atomic E-state index is 11.0. The molecule has 0 spiro atoms. The van der Waals surface area contributed by atoms with Crippen LogP contribution in [0.25, 0.3) is 10.9 Å². The van der Waals surface area contributed by atoms with E-state index in [1.54, 1.807) is 24.4 Å². The molecule has 0 radical (unpaired) electrons. The van der Waals surface area contributed by atoms with Crippen LogP contribution in [0.4, 0.5) is 11.4 Å². The van der Waals surface area contributed by atoms with E-state index in [0.29, 0.717) is 12.2 Å². The number of pyridine rings is 1. The zero-order chi connectivity index (χ0) is 15.4. The first-order valence-corrected chi connectivity index (χ1v) is 7.05. The molecule has 0 aliphatic heterocycles. The van der Waals surface area contributed by atoms with Crippen LogP contribution in [0.1, 0.15) is 5.56 Å². The van der Waals surface area contributed by atoms with E-state index in [1.807, 2.05) is 30.3 Å². The van der Waals surface area contributed by atoms with Gasteiger partial charge in [-0.2, -0.15) is 0 Å². The van der Waals surface area contributed by atoms with Crippen molar-refractivity contribution in [2.24, 2.45) is 0 Å². The van der Waals surface area contributed by atoms with Crippen LogP contribution in [0.15, 0.2) is 60.8 Å². The summed E-state index contributed by atoms with van der Waals surface area (Å²) in [5.41, 5.74) is 2.75. The van der Waals surface area contributed by atoms with Crippen molar-refractivity contribution in [3.8, 4) is 0 Å². The monoisotopic (exact) mass is 293 g/mol. The summed E-state index contributed by atoms with van der Waals surface area (Å²) in [4.78, 5) is 15.0. The maximum Gasteiger partial charge on any atom is 0.292 e. The van der Waals surface area contributed by atoms with E-state index in [0.717, 1.165) is 22.9 Å². The van der Waals surface area contributed by atoms with E-state index in [9.17, 15) is 10.1 Å². The van der Waals surface area contributed by atoms with Gasteiger partial charge in [0.1, 0.15) is 5.69 Å². The molecular weight excluding hydrogens is 278 g/mol. The number of nitrogens with zero attached hydrogens (tertiary/aromatic N) is 2. The summed E-state index contributed by atoms with van der Waals surface area (Å²) in [7, 11) is 0. The lowest BCUT2D eigenvalue weighted by atomic mass is 10.1. The van der Waals surface area contributed by atoms with Crippen molar-refractivity contribution in [2.75, 3.05) is 11.9 Å². The molecule has 110 valence electrons. The van der Waals surface area contributed by atoms with Crippen molar-refractivity contribution < 1.29 is 4.92 Å². The van der Waals surface area contributed by atoms with Gasteiger partial charge in [0.2, 0.25) is 0 Å². The number of anilines is 1. The number of aromatic nitrogens is 1. The van der Waals surface area contributed by atoms with Gasteiger partial charge in [-0.25, -0.2) is 0 Å². The molecular formula is C17H15N3O2. The number of benzene rings is 2. The van der Waals surface area contributed by atoms with Crippen molar-refractivity contribution in [1.82, 2.24) is 4.98 Å². The molecule has 2 aromatic carbocycles. The van der Waals surface area contributed by atoms with Crippen LogP contribution in [-0.4, -0.2) is 16.5 Å². The molecule has 0 aliphatic carbocycles. The third-order valence-electron chi connectivity index (χ3n) is 3.53. The van der Waals surface area contributed by atoms with Gasteiger partial charge in [0.25, 0.3) is 5.69 Å². The second-order valence-corrected chi connectivity index (χ2v) is 4.94. The molecule has 1 N–H and O–H groups in total. The lowest BCUT2D eigenvalue weighted by Crippen LogP contribution is -2.07. The van der Waals surface area contributed by atoms with Gasteiger partial charge in [-0.1, -0.05) is 36.4 Å². The Morgan fingerprint density at radius 3 is 2.73 bits per heavy atom. The lowest BCUT2D eigenvalue weighted by Gasteiger charge is -2.08. The first kappa shape index (κ1) is 14.0. The molecule has 3 aromatic rings. The maximum atomic E-state index is 11.0. The topological polar surface area (TPSA) is 68.1 Å². The second-order valence-electron chi connectivity index (χ2n) is 4.94. The predicted molar refractivity (Wildman–Crippen MR) is 87.0 cm³/mol. The van der Waals surface area contributed by atoms with Crippen molar-refractivity contribution >= 4 is 22.3 Å². The molecule has 0 saturated heterocycles. The fourth-order valence-corrected chi connectivity index (χ4v) is 2.48. The van der Waals surface area contributed by atoms with Crippen LogP contribution in [-0.2, 0) is 6.42 Å². The van der Waals surface area contributed by atoms with E-state index in [-0.39, 0.29) is 10.6 Å². The molecule has 0 saturated carbocycles. The lowest BCUT2D eigenvalue weighted by molar-refractivity contribution is -0.384. The minimum atomic E-state index is -0.373. The van der Waals surface area contributed by atoms with Crippen LogP contribution in [0.5, 0.6) is 0 Å². The number of hydrogen-bond donors (Lipinski definition) is 1. The van der Waals surface area contributed by atoms with Crippen LogP contribution < -0.4 is 5.32 Å². The van der Waals surface area contributed by atoms with Crippen molar-refractivity contribution in [3.63, 3.8) is 0 Å². The molecule has 0 bridgehead atoms. The highest BCUT2D eigenvalue weighted by Crippen LogP contribution is 2.23. The molecule has 22 heavy (non-hydrogen) atoms. The van der Waals surface area contributed by atoms with Crippen molar-refractivity contribution in [3.05, 3.63) is 76.5 Å². The largest absolute Gasteiger partial charge is 0.379 e. The van der Waals surface area contributed by atoms with Gasteiger partial charge < -0.3 is 5.32 Å². The number of rotatable bonds is 5. The second kappa shape index (κ2) is 6.22. The minimum Gasteiger partial charge on any atom is -0.379 e. The van der Waals surface area contributed by atoms with E-state index in [2.05, 4.69) is 10.3 Å². The number of nitro groups is 1. The molecule has 0 aliphatic rings. The van der Waals surface area contributed by atoms with Crippen LogP contribution in [0, 0.1) is 10.1 Å². The van der Waals surface area contributed by atoms with E-state index in [4.69, 9.17) is 0 Å². The SMILES string of the molecule is O=[N+]([O-])c1ccccc1NCCc1cccc2cccnc12. The molecule has 0 fully saturated rings. The first-order valence-electron chi connectivity index (χ1n) is 7.05. The highest BCUT2D eigenvalue weighted by Gasteiger charge is 2.11. The Kier molecular flexibility index (Phi) is 3.96. The number of fused-ring (bicyclic) bond motifs is 1. The summed E-state index contributed by atoms with van der Waals surface area (Å²) in [5, 5.41) is 15.2. The average molecular weight is 293 g/mol. The Morgan fingerprint density at radius 2 is 1.86 bits per heavy atom. The van der Waals surface area contributed by atoms with Crippen LogP contribution >= 0.6 is 0 Å². The zero-order valence-electron chi connectivity index (χ0n) is 11.9. The Bertz CT molecular complexity index is 812. The fraction of sp³-hybridized carbons (Fsp3) is 0.118. The minimum absolute atomic E-state index is 0.0959. The normalized spacial score (nSPS) is 10.5. The van der Waals surface area contributed by atoms with Crippen molar-refractivity contribution in [2.45, 2.75) is 6.42 Å². The van der Waals surface area contributed by atoms with Crippen LogP contribution in [0.2, 0.25) is 0 Å². The Labute approximate surface area is 127 Å². The number of nitrogens with one attached hydrogen (secondary N) is 1. The quantitative estimate of drug-likeness (QED) is 0.574. The number of nitro benzene ring substituents is 1. The molecule has 0 unspecified atom stereocenters. The Hall–Kier alpha value is -2.95. The standard InChI is InChI=1S/C17H15N3O2/c21-20(22)16-9-2-1-8-15(16)18-12-10-14-6-3-5-13-7-4-11-19-17(13)14/h1-9,11,18H,10,12H2. The smallest absolute Gasteiger partial charge is 0.292 e. The van der Waals surface area contributed by atoms with Crippen molar-refractivity contribution in [1.29, 1.82) is 0 Å². The highest BCUT2D eigenvalue weighted by atomic mass is 16.6. The Morgan fingerprint density at radius 1 is 1.05 bits per heavy atom. The summed E-state index contributed by atoms with van der Waals surface area (Å²) >= 11 is 0. The molecule has 5 heteroatoms. The van der Waals surface area contributed by atoms with Gasteiger partial charge in [0.15, 0.2) is 0 Å². The molecule has 0 amide bonds. The highest BCUT2D eigenvalue weighted by molar-refractivity contribution is 5.81. The molecule has 5 nitrogen and oxygen atoms in total. The molecule has 0 atom stereocenters. The predicted octanol–water partition coefficient (Wildman–Crippen LogP) is 3.80. The van der Waals surface area contributed by atoms with Gasteiger partial charge in [0.05, 0.1) is 10.4 Å². The third kappa shape index (κ3) is 2.88. The first-order chi connectivity index (χ1) is 10.8. The number of hydrogen-bond acceptors (Lipinski definition) is 4. The molecule has 3 rings (SSSR count). The van der Waals surface area contributed by atoms with E-state index < -0.39 is 0 Å². The third-order valence-corrected chi connectivity index (χ3v) is 3.53. The van der Waals surface area contributed by atoms with E-state index >= 15 is 0 Å². The van der Waals surface area contributed by atoms with Gasteiger partial charge in [-0.05, 0) is 24.1 Å². The summed E-state index contributed by atoms with van der Waals surface area (Å²) in [6.07, 6.45) is 2.53. The van der Waals surface area contributed by atoms with Crippen LogP contribution in [0.3, 0.4) is 0 Å². The van der Waals surface area contributed by atoms with E-state index in [1.165, 1.54) is 6.07 Å². The summed E-state index contributed by atoms with van der Waals surface area (Å²) in [5.74, 6) is 0. The Balaban J connectivity index is 1.74. The van der Waals surface area contributed by atoms with Gasteiger partial charge >= 0.3 is 0 Å². The molecule has 1 aromatic heterocycles. The number of para-hydroxylation sites is 3. The average Bonchev–Trinajstić information content (AvgIpc) is 2.55. The van der Waals surface area contributed by atoms with Gasteiger partial charge in [0, 0.05) is 24.2 Å². The van der Waals surface area contributed by atoms with Gasteiger partial charge in [-0.3, -0.25) is 15.1 Å². The summed E-state index contributed by atoms with van der Waals surface area (Å²) in [6, 6.07) is 16.7.